The number of para-hydroxylation sites is 1. The molecule has 0 radical (unpaired) electrons. The molecule has 60 heavy (non-hydrogen) atoms. The van der Waals surface area contributed by atoms with Crippen LogP contribution in [0, 0.1) is 0 Å². The number of sulfone groups is 1. The van der Waals surface area contributed by atoms with Crippen LogP contribution < -0.4 is 15.6 Å². The second-order valence-electron chi connectivity index (χ2n) is 13.3. The Morgan fingerprint density at radius 3 is 2.28 bits per heavy atom. The highest BCUT2D eigenvalue weighted by atomic mass is 32.2. The zero-order valence-electron chi connectivity index (χ0n) is 30.8. The zero-order valence-corrected chi connectivity index (χ0v) is 34.3. The third-order valence-electron chi connectivity index (χ3n) is 9.21. The Morgan fingerprint density at radius 1 is 0.900 bits per heavy atom. The summed E-state index contributed by atoms with van der Waals surface area (Å²) in [6.45, 7) is -0.370. The van der Waals surface area contributed by atoms with Gasteiger partial charge in [0.2, 0.25) is 11.9 Å². The summed E-state index contributed by atoms with van der Waals surface area (Å²) in [6, 6.07) is 23.9. The summed E-state index contributed by atoms with van der Waals surface area (Å²) in [7, 11) is -21.6. The number of carbonyl (C=O) groups excluding carboxylic acids is 1. The number of ether oxygens (including phenoxy) is 2. The molecule has 5 N–H and O–H groups in total. The van der Waals surface area contributed by atoms with Crippen molar-refractivity contribution >= 4 is 88.6 Å². The van der Waals surface area contributed by atoms with Gasteiger partial charge in [-0.1, -0.05) is 66.7 Å². The standard InChI is InChI=1S/C35H32N5O16P3S/c1-20(41)37-35-38-32-30(33(42)39-35)36-19-40(32)34-31(53-24-8-3-2-4-9-24)26(18-51-34)54-58(45,46)56-59(47,48)55-57(43,44)52-16-17-60(49,50)27-15-13-23-11-10-21-6-5-7-22-12-14-25(27)29(23)28(21)22/h2-15,19,26,31,34H,16-18H2,1H3,(H,43,44)(H,45,46)(H,47,48)(H2,37,38,39,41,42)/t26-,31?,34+/m0/s1. The Labute approximate surface area is 337 Å². The number of aromatic nitrogens is 4. The topological polar surface area (TPSA) is 294 Å². The van der Waals surface area contributed by atoms with Gasteiger partial charge in [-0.2, -0.15) is 13.6 Å². The fourth-order valence-corrected chi connectivity index (χ4v) is 12.0. The summed E-state index contributed by atoms with van der Waals surface area (Å²) in [4.78, 5) is 66.0. The number of rotatable bonds is 15. The van der Waals surface area contributed by atoms with E-state index < -0.39 is 82.2 Å². The molecule has 1 aliphatic heterocycles. The Bertz CT molecular complexity index is 3100. The Balaban J connectivity index is 0.952. The molecule has 25 heteroatoms. The fourth-order valence-electron chi connectivity index (χ4n) is 6.87. The van der Waals surface area contributed by atoms with Gasteiger partial charge in [0.05, 0.1) is 30.2 Å². The van der Waals surface area contributed by atoms with Gasteiger partial charge in [-0.25, -0.2) is 27.1 Å². The van der Waals surface area contributed by atoms with E-state index in [1.807, 2.05) is 30.3 Å². The highest BCUT2D eigenvalue weighted by Gasteiger charge is 2.49. The van der Waals surface area contributed by atoms with Gasteiger partial charge in [0.15, 0.2) is 33.3 Å². The monoisotopic (exact) mass is 903 g/mol. The highest BCUT2D eigenvalue weighted by molar-refractivity contribution is 7.91. The number of hydrogen-bond acceptors (Lipinski definition) is 15. The summed E-state index contributed by atoms with van der Waals surface area (Å²) in [5, 5.41) is 6.91. The third-order valence-corrected chi connectivity index (χ3v) is 15.3. The van der Waals surface area contributed by atoms with Crippen LogP contribution in [0.1, 0.15) is 13.2 Å². The second-order valence-corrected chi connectivity index (χ2v) is 20.0. The molecule has 5 aromatic carbocycles. The van der Waals surface area contributed by atoms with Crippen LogP contribution in [0.2, 0.25) is 0 Å². The Kier molecular flexibility index (Phi) is 11.0. The fraction of sp³-hybridized carbons (Fsp3) is 0.200. The molecule has 21 nitrogen and oxygen atoms in total. The minimum Gasteiger partial charge on any atom is -0.483 e. The number of nitrogens with one attached hydrogen (secondary N) is 2. The minimum atomic E-state index is -6.01. The summed E-state index contributed by atoms with van der Waals surface area (Å²) >= 11 is 0. The lowest BCUT2D eigenvalue weighted by atomic mass is 9.94. The zero-order chi connectivity index (χ0) is 42.6. The molecule has 314 valence electrons. The van der Waals surface area contributed by atoms with E-state index in [1.165, 1.54) is 29.7 Å². The first kappa shape index (κ1) is 41.8. The van der Waals surface area contributed by atoms with Crippen LogP contribution in [-0.4, -0.2) is 79.7 Å². The Hall–Kier alpha value is -4.92. The van der Waals surface area contributed by atoms with Crippen molar-refractivity contribution in [3.05, 3.63) is 102 Å². The molecule has 8 rings (SSSR count). The van der Waals surface area contributed by atoms with Gasteiger partial charge in [0.1, 0.15) is 11.9 Å². The van der Waals surface area contributed by atoms with Crippen LogP contribution in [0.5, 0.6) is 5.75 Å². The van der Waals surface area contributed by atoms with Gasteiger partial charge in [-0.15, -0.1) is 0 Å². The smallest absolute Gasteiger partial charge is 0.483 e. The van der Waals surface area contributed by atoms with E-state index in [4.69, 9.17) is 18.5 Å². The molecule has 1 aliphatic rings. The Morgan fingerprint density at radius 2 is 1.57 bits per heavy atom. The number of phosphoric ester groups is 2. The van der Waals surface area contributed by atoms with E-state index in [1.54, 1.807) is 36.4 Å². The van der Waals surface area contributed by atoms with E-state index in [-0.39, 0.29) is 27.8 Å². The molecular weight excluding hydrogens is 871 g/mol. The van der Waals surface area contributed by atoms with Crippen molar-refractivity contribution in [2.75, 3.05) is 24.3 Å². The maximum Gasteiger partial charge on any atom is 0.490 e. The summed E-state index contributed by atoms with van der Waals surface area (Å²) in [5.74, 6) is -1.45. The van der Waals surface area contributed by atoms with Crippen molar-refractivity contribution in [2.45, 2.75) is 30.3 Å². The lowest BCUT2D eigenvalue weighted by Gasteiger charge is -2.26. The number of amides is 1. The number of anilines is 1. The van der Waals surface area contributed by atoms with Crippen LogP contribution >= 0.6 is 23.5 Å². The first-order valence-electron chi connectivity index (χ1n) is 17.6. The molecule has 7 aromatic rings. The molecule has 2 aromatic heterocycles. The minimum absolute atomic E-state index is 0.0892. The first-order chi connectivity index (χ1) is 28.4. The van der Waals surface area contributed by atoms with E-state index in [0.29, 0.717) is 10.8 Å². The average molecular weight is 904 g/mol. The molecule has 1 amide bonds. The third kappa shape index (κ3) is 8.64. The number of imidazole rings is 1. The van der Waals surface area contributed by atoms with Crippen LogP contribution in [0.4, 0.5) is 5.95 Å². The first-order valence-corrected chi connectivity index (χ1v) is 23.7. The van der Waals surface area contributed by atoms with Crippen LogP contribution in [0.15, 0.2) is 101 Å². The van der Waals surface area contributed by atoms with E-state index in [0.717, 1.165) is 27.9 Å². The SMILES string of the molecule is CC(=O)Nc1nc2c(ncn2[C@@H]2OC[C@H](OP(=O)(O)OP(=O)(O)OP(=O)(O)OCCS(=O)(=O)c3ccc4ccc5cccc6ccc3c4c56)C2Oc2ccccc2)c(=O)[nH]1. The molecule has 6 atom stereocenters. The lowest BCUT2D eigenvalue weighted by Crippen LogP contribution is -2.35. The summed E-state index contributed by atoms with van der Waals surface area (Å²) in [5.41, 5.74) is -1.00. The predicted molar refractivity (Wildman–Crippen MR) is 213 cm³/mol. The van der Waals surface area contributed by atoms with Crippen LogP contribution in [0.25, 0.3) is 43.5 Å². The van der Waals surface area contributed by atoms with Gasteiger partial charge in [0.25, 0.3) is 5.56 Å². The number of benzene rings is 5. The van der Waals surface area contributed by atoms with Crippen molar-refractivity contribution in [3.63, 3.8) is 0 Å². The molecule has 1 saturated heterocycles. The van der Waals surface area contributed by atoms with Crippen molar-refractivity contribution in [3.8, 4) is 5.75 Å². The van der Waals surface area contributed by atoms with E-state index in [2.05, 4.69) is 28.9 Å². The number of carbonyl (C=O) groups is 1. The molecule has 4 unspecified atom stereocenters. The number of phosphoric acid groups is 3. The van der Waals surface area contributed by atoms with Gasteiger partial charge in [0, 0.05) is 12.3 Å². The van der Waals surface area contributed by atoms with E-state index >= 15 is 0 Å². The molecule has 0 bridgehead atoms. The van der Waals surface area contributed by atoms with Crippen molar-refractivity contribution in [1.82, 2.24) is 19.5 Å². The van der Waals surface area contributed by atoms with Crippen LogP contribution in [0.3, 0.4) is 0 Å². The molecule has 1 fully saturated rings. The number of fused-ring (bicyclic) bond motifs is 1. The largest absolute Gasteiger partial charge is 0.490 e. The van der Waals surface area contributed by atoms with E-state index in [9.17, 15) is 46.4 Å². The molecular formula is C35H32N5O16P3S. The summed E-state index contributed by atoms with van der Waals surface area (Å²) in [6.07, 6.45) is -3.15. The van der Waals surface area contributed by atoms with Gasteiger partial charge < -0.3 is 24.2 Å². The summed E-state index contributed by atoms with van der Waals surface area (Å²) < 4.78 is 97.3. The molecule has 0 spiro atoms. The quantitative estimate of drug-likeness (QED) is 0.0655. The van der Waals surface area contributed by atoms with Crippen LogP contribution in [-0.2, 0) is 50.7 Å². The molecule has 3 heterocycles. The van der Waals surface area contributed by atoms with Crippen molar-refractivity contribution < 1.29 is 68.7 Å². The molecule has 0 aliphatic carbocycles. The number of hydrogen-bond donors (Lipinski definition) is 5. The number of H-pyrrole nitrogens is 1. The number of aromatic amines is 1. The highest BCUT2D eigenvalue weighted by Crippen LogP contribution is 2.68. The second kappa shape index (κ2) is 15.8. The maximum atomic E-state index is 13.5. The predicted octanol–water partition coefficient (Wildman–Crippen LogP) is 5.16. The van der Waals surface area contributed by atoms with Gasteiger partial charge in [-0.05, 0) is 45.1 Å². The molecule has 0 saturated carbocycles. The van der Waals surface area contributed by atoms with Crippen molar-refractivity contribution in [2.24, 2.45) is 0 Å². The van der Waals surface area contributed by atoms with Gasteiger partial charge in [-0.3, -0.25) is 33.5 Å². The lowest BCUT2D eigenvalue weighted by molar-refractivity contribution is -0.114. The average Bonchev–Trinajstić information content (AvgIpc) is 3.76. The maximum absolute atomic E-state index is 13.5. The van der Waals surface area contributed by atoms with Gasteiger partial charge >= 0.3 is 23.5 Å². The number of nitrogens with zero attached hydrogens (tertiary/aromatic N) is 3. The normalized spacial score (nSPS) is 20.3. The van der Waals surface area contributed by atoms with Crippen molar-refractivity contribution in [1.29, 1.82) is 0 Å².